The van der Waals surface area contributed by atoms with Gasteiger partial charge in [0.15, 0.2) is 0 Å². The van der Waals surface area contributed by atoms with Gasteiger partial charge >= 0.3 is 6.03 Å². The van der Waals surface area contributed by atoms with Gasteiger partial charge in [-0.1, -0.05) is 41.9 Å². The highest BCUT2D eigenvalue weighted by Crippen LogP contribution is 2.15. The molecule has 2 amide bonds. The van der Waals surface area contributed by atoms with Gasteiger partial charge in [0.25, 0.3) is 0 Å². The average molecular weight is 305 g/mol. The predicted molar refractivity (Wildman–Crippen MR) is 84.7 cm³/mol. The van der Waals surface area contributed by atoms with Crippen molar-refractivity contribution in [2.75, 3.05) is 19.0 Å². The van der Waals surface area contributed by atoms with Crippen molar-refractivity contribution < 1.29 is 9.53 Å². The first-order valence-corrected chi connectivity index (χ1v) is 6.95. The average Bonchev–Trinajstić information content (AvgIpc) is 2.51. The van der Waals surface area contributed by atoms with E-state index < -0.39 is 0 Å². The Labute approximate surface area is 129 Å². The Hall–Kier alpha value is -2.04. The van der Waals surface area contributed by atoms with E-state index in [2.05, 4.69) is 10.6 Å². The van der Waals surface area contributed by atoms with Gasteiger partial charge < -0.3 is 15.4 Å². The molecular weight excluding hydrogens is 288 g/mol. The topological polar surface area (TPSA) is 50.4 Å². The van der Waals surface area contributed by atoms with Crippen LogP contribution in [0.1, 0.15) is 11.7 Å². The second kappa shape index (κ2) is 7.67. The largest absolute Gasteiger partial charge is 0.375 e. The minimum atomic E-state index is -0.282. The summed E-state index contributed by atoms with van der Waals surface area (Å²) in [7, 11) is 1.62. The molecule has 0 bridgehead atoms. The molecule has 1 atom stereocenters. The van der Waals surface area contributed by atoms with Crippen LogP contribution in [0.25, 0.3) is 0 Å². The summed E-state index contributed by atoms with van der Waals surface area (Å²) in [4.78, 5) is 11.8. The van der Waals surface area contributed by atoms with Crippen LogP contribution in [0.2, 0.25) is 5.02 Å². The van der Waals surface area contributed by atoms with E-state index in [0.717, 1.165) is 5.56 Å². The van der Waals surface area contributed by atoms with Crippen LogP contribution in [0.5, 0.6) is 0 Å². The Morgan fingerprint density at radius 1 is 1.14 bits per heavy atom. The number of rotatable bonds is 5. The number of anilines is 1. The van der Waals surface area contributed by atoms with Gasteiger partial charge in [0.2, 0.25) is 0 Å². The maximum Gasteiger partial charge on any atom is 0.319 e. The van der Waals surface area contributed by atoms with E-state index in [9.17, 15) is 4.79 Å². The monoisotopic (exact) mass is 304 g/mol. The Kier molecular flexibility index (Phi) is 5.60. The Bertz CT molecular complexity index is 573. The zero-order chi connectivity index (χ0) is 15.1. The van der Waals surface area contributed by atoms with Crippen LogP contribution in [-0.4, -0.2) is 19.7 Å². The molecule has 0 spiro atoms. The maximum absolute atomic E-state index is 11.8. The molecule has 0 aliphatic heterocycles. The van der Waals surface area contributed by atoms with Crippen molar-refractivity contribution in [2.24, 2.45) is 0 Å². The maximum atomic E-state index is 11.8. The minimum absolute atomic E-state index is 0.179. The number of carbonyl (C=O) groups excluding carboxylic acids is 1. The molecule has 0 radical (unpaired) electrons. The van der Waals surface area contributed by atoms with Crippen LogP contribution in [0.15, 0.2) is 54.6 Å². The summed E-state index contributed by atoms with van der Waals surface area (Å²) >= 11 is 5.79. The predicted octanol–water partition coefficient (Wildman–Crippen LogP) is 3.85. The van der Waals surface area contributed by atoms with E-state index >= 15 is 0 Å². The van der Waals surface area contributed by atoms with Crippen LogP contribution in [0.3, 0.4) is 0 Å². The van der Waals surface area contributed by atoms with Crippen molar-refractivity contribution in [3.05, 3.63) is 65.2 Å². The Balaban J connectivity index is 1.86. The van der Waals surface area contributed by atoms with Crippen molar-refractivity contribution in [1.82, 2.24) is 5.32 Å². The molecule has 4 nitrogen and oxygen atoms in total. The molecule has 2 rings (SSSR count). The van der Waals surface area contributed by atoms with Crippen molar-refractivity contribution >= 4 is 23.3 Å². The number of methoxy groups -OCH3 is 1. The molecule has 2 aromatic rings. The number of hydrogen-bond acceptors (Lipinski definition) is 2. The third-order valence-corrected chi connectivity index (χ3v) is 3.26. The fourth-order valence-electron chi connectivity index (χ4n) is 1.90. The summed E-state index contributed by atoms with van der Waals surface area (Å²) in [6.45, 7) is 0.389. The molecule has 0 aliphatic carbocycles. The summed E-state index contributed by atoms with van der Waals surface area (Å²) in [5, 5.41) is 6.15. The quantitative estimate of drug-likeness (QED) is 0.881. The fraction of sp³-hybridized carbons (Fsp3) is 0.188. The van der Waals surface area contributed by atoms with Crippen LogP contribution >= 0.6 is 11.6 Å². The summed E-state index contributed by atoms with van der Waals surface area (Å²) in [6, 6.07) is 16.4. The van der Waals surface area contributed by atoms with Crippen molar-refractivity contribution in [1.29, 1.82) is 0 Å². The van der Waals surface area contributed by atoms with Gasteiger partial charge in [-0.05, 0) is 29.8 Å². The summed E-state index contributed by atoms with van der Waals surface area (Å²) < 4.78 is 5.39. The highest BCUT2D eigenvalue weighted by Gasteiger charge is 2.11. The number of carbonyl (C=O) groups is 1. The molecule has 0 saturated heterocycles. The second-order valence-electron chi connectivity index (χ2n) is 4.48. The zero-order valence-electron chi connectivity index (χ0n) is 11.7. The van der Waals surface area contributed by atoms with Gasteiger partial charge in [-0.15, -0.1) is 0 Å². The normalized spacial score (nSPS) is 11.7. The standard InChI is InChI=1S/C16H17ClN2O2/c1-21-15(12-5-3-2-4-6-12)11-18-16(20)19-14-9-7-13(17)8-10-14/h2-10,15H,11H2,1H3,(H2,18,19,20). The summed E-state index contributed by atoms with van der Waals surface area (Å²) in [6.07, 6.45) is -0.179. The third-order valence-electron chi connectivity index (χ3n) is 3.01. The molecule has 5 heteroatoms. The lowest BCUT2D eigenvalue weighted by Gasteiger charge is -2.16. The number of nitrogens with one attached hydrogen (secondary N) is 2. The van der Waals surface area contributed by atoms with Gasteiger partial charge in [0, 0.05) is 24.4 Å². The van der Waals surface area contributed by atoms with Crippen LogP contribution in [0.4, 0.5) is 10.5 Å². The van der Waals surface area contributed by atoms with Gasteiger partial charge in [0.05, 0.1) is 6.10 Å². The van der Waals surface area contributed by atoms with E-state index in [-0.39, 0.29) is 12.1 Å². The number of halogens is 1. The first-order chi connectivity index (χ1) is 10.2. The number of ether oxygens (including phenoxy) is 1. The Morgan fingerprint density at radius 3 is 2.43 bits per heavy atom. The van der Waals surface area contributed by atoms with Crippen LogP contribution in [-0.2, 0) is 4.74 Å². The molecule has 0 fully saturated rings. The SMILES string of the molecule is COC(CNC(=O)Nc1ccc(Cl)cc1)c1ccccc1. The zero-order valence-corrected chi connectivity index (χ0v) is 12.4. The summed E-state index contributed by atoms with van der Waals surface area (Å²) in [5.41, 5.74) is 1.71. The van der Waals surface area contributed by atoms with Crippen molar-refractivity contribution in [2.45, 2.75) is 6.10 Å². The van der Waals surface area contributed by atoms with E-state index in [1.165, 1.54) is 0 Å². The van der Waals surface area contributed by atoms with Gasteiger partial charge in [0.1, 0.15) is 0 Å². The van der Waals surface area contributed by atoms with E-state index in [0.29, 0.717) is 17.3 Å². The number of hydrogen-bond donors (Lipinski definition) is 2. The lowest BCUT2D eigenvalue weighted by Crippen LogP contribution is -2.32. The molecular formula is C16H17ClN2O2. The van der Waals surface area contributed by atoms with E-state index in [1.807, 2.05) is 30.3 Å². The smallest absolute Gasteiger partial charge is 0.319 e. The van der Waals surface area contributed by atoms with Gasteiger partial charge in [-0.25, -0.2) is 4.79 Å². The minimum Gasteiger partial charge on any atom is -0.375 e. The second-order valence-corrected chi connectivity index (χ2v) is 4.91. The fourth-order valence-corrected chi connectivity index (χ4v) is 2.02. The number of amides is 2. The van der Waals surface area contributed by atoms with Crippen molar-refractivity contribution in [3.63, 3.8) is 0 Å². The van der Waals surface area contributed by atoms with E-state index in [1.54, 1.807) is 31.4 Å². The first kappa shape index (κ1) is 15.4. The molecule has 2 N–H and O–H groups in total. The third kappa shape index (κ3) is 4.77. The van der Waals surface area contributed by atoms with Crippen LogP contribution < -0.4 is 10.6 Å². The molecule has 1 unspecified atom stereocenters. The highest BCUT2D eigenvalue weighted by atomic mass is 35.5. The number of benzene rings is 2. The molecule has 0 aliphatic rings. The lowest BCUT2D eigenvalue weighted by atomic mass is 10.1. The van der Waals surface area contributed by atoms with Crippen molar-refractivity contribution in [3.8, 4) is 0 Å². The van der Waals surface area contributed by atoms with Crippen LogP contribution in [0, 0.1) is 0 Å². The first-order valence-electron chi connectivity index (χ1n) is 6.57. The molecule has 0 saturated carbocycles. The molecule has 21 heavy (non-hydrogen) atoms. The van der Waals surface area contributed by atoms with Gasteiger partial charge in [-0.2, -0.15) is 0 Å². The molecule has 110 valence electrons. The van der Waals surface area contributed by atoms with E-state index in [4.69, 9.17) is 16.3 Å². The summed E-state index contributed by atoms with van der Waals surface area (Å²) in [5.74, 6) is 0. The lowest BCUT2D eigenvalue weighted by molar-refractivity contribution is 0.104. The molecule has 0 aromatic heterocycles. The van der Waals surface area contributed by atoms with Gasteiger partial charge in [-0.3, -0.25) is 0 Å². The molecule has 0 heterocycles. The number of urea groups is 1. The Morgan fingerprint density at radius 2 is 1.81 bits per heavy atom. The molecule has 2 aromatic carbocycles. The highest BCUT2D eigenvalue weighted by molar-refractivity contribution is 6.30.